The van der Waals surface area contributed by atoms with Crippen LogP contribution < -0.4 is 5.32 Å². The van der Waals surface area contributed by atoms with Gasteiger partial charge in [0.05, 0.1) is 5.54 Å². The molecule has 0 fully saturated rings. The van der Waals surface area contributed by atoms with Crippen molar-refractivity contribution in [2.24, 2.45) is 0 Å². The van der Waals surface area contributed by atoms with Crippen LogP contribution in [0.25, 0.3) is 0 Å². The van der Waals surface area contributed by atoms with Gasteiger partial charge in [0.15, 0.2) is 0 Å². The summed E-state index contributed by atoms with van der Waals surface area (Å²) >= 11 is 5.73. The fraction of sp³-hybridized carbons (Fsp3) is 0.538. The molecular weight excluding hydrogens is 252 g/mol. The van der Waals surface area contributed by atoms with Gasteiger partial charge in [-0.2, -0.15) is 0 Å². The molecule has 1 amide bonds. The monoisotopic (exact) mass is 270 g/mol. The predicted molar refractivity (Wildman–Crippen MR) is 71.5 cm³/mol. The lowest BCUT2D eigenvalue weighted by Gasteiger charge is -2.26. The van der Waals surface area contributed by atoms with E-state index in [0.717, 1.165) is 12.0 Å². The second-order valence-electron chi connectivity index (χ2n) is 4.60. The largest absolute Gasteiger partial charge is 0.372 e. The minimum absolute atomic E-state index is 0.0816. The highest BCUT2D eigenvalue weighted by atomic mass is 35.5. The number of rotatable bonds is 6. The molecule has 0 aliphatic rings. The van der Waals surface area contributed by atoms with E-state index in [1.165, 1.54) is 0 Å². The van der Waals surface area contributed by atoms with E-state index < -0.39 is 5.54 Å². The molecule has 0 saturated carbocycles. The number of pyridine rings is 1. The summed E-state index contributed by atoms with van der Waals surface area (Å²) in [5.41, 5.74) is 0.403. The topological polar surface area (TPSA) is 51.2 Å². The maximum Gasteiger partial charge on any atom is 0.246 e. The maximum atomic E-state index is 11.7. The quantitative estimate of drug-likeness (QED) is 0.638. The zero-order valence-corrected chi connectivity index (χ0v) is 11.8. The Morgan fingerprint density at radius 3 is 2.78 bits per heavy atom. The van der Waals surface area contributed by atoms with Gasteiger partial charge < -0.3 is 10.1 Å². The molecule has 0 radical (unpaired) electrons. The summed E-state index contributed by atoms with van der Waals surface area (Å²) in [7, 11) is 0. The van der Waals surface area contributed by atoms with Gasteiger partial charge in [-0.1, -0.05) is 24.6 Å². The fourth-order valence-electron chi connectivity index (χ4n) is 1.51. The number of ether oxygens (including phenoxy) is 1. The van der Waals surface area contributed by atoms with Crippen molar-refractivity contribution in [2.75, 3.05) is 13.2 Å². The van der Waals surface area contributed by atoms with Crippen LogP contribution in [0.1, 0.15) is 32.8 Å². The van der Waals surface area contributed by atoms with Gasteiger partial charge in [-0.3, -0.25) is 4.79 Å². The van der Waals surface area contributed by atoms with Crippen molar-refractivity contribution >= 4 is 17.5 Å². The lowest BCUT2D eigenvalue weighted by Crippen LogP contribution is -2.42. The summed E-state index contributed by atoms with van der Waals surface area (Å²) in [5, 5.41) is 3.34. The molecular formula is C13H19ClN2O2. The Bertz CT molecular complexity index is 390. The highest BCUT2D eigenvalue weighted by Gasteiger charge is 2.23. The van der Waals surface area contributed by atoms with Crippen LogP contribution in [0, 0.1) is 0 Å². The average Bonchev–Trinajstić information content (AvgIpc) is 2.29. The maximum absolute atomic E-state index is 11.7. The van der Waals surface area contributed by atoms with Crippen molar-refractivity contribution in [3.8, 4) is 0 Å². The SMILES string of the molecule is CCCOCC(=O)NC(C)(C)c1ccc(Cl)nc1. The summed E-state index contributed by atoms with van der Waals surface area (Å²) < 4.78 is 5.20. The Labute approximate surface area is 113 Å². The molecule has 1 rings (SSSR count). The molecule has 0 bridgehead atoms. The van der Waals surface area contributed by atoms with E-state index >= 15 is 0 Å². The molecule has 0 aromatic carbocycles. The molecule has 0 unspecified atom stereocenters. The molecule has 18 heavy (non-hydrogen) atoms. The van der Waals surface area contributed by atoms with Crippen LogP contribution in [0.3, 0.4) is 0 Å². The van der Waals surface area contributed by atoms with Crippen LogP contribution >= 0.6 is 11.6 Å². The molecule has 100 valence electrons. The number of carbonyl (C=O) groups is 1. The van der Waals surface area contributed by atoms with E-state index in [-0.39, 0.29) is 12.5 Å². The van der Waals surface area contributed by atoms with Crippen LogP contribution in [-0.4, -0.2) is 24.1 Å². The predicted octanol–water partition coefficient (Wildman–Crippen LogP) is 2.51. The Morgan fingerprint density at radius 1 is 1.50 bits per heavy atom. The summed E-state index contributed by atoms with van der Waals surface area (Å²) in [6.07, 6.45) is 2.56. The smallest absolute Gasteiger partial charge is 0.246 e. The molecule has 0 atom stereocenters. The molecule has 5 heteroatoms. The van der Waals surface area contributed by atoms with Crippen molar-refractivity contribution in [2.45, 2.75) is 32.7 Å². The van der Waals surface area contributed by atoms with E-state index in [0.29, 0.717) is 11.8 Å². The number of halogens is 1. The second-order valence-corrected chi connectivity index (χ2v) is 4.98. The molecule has 0 spiro atoms. The number of amides is 1. The highest BCUT2D eigenvalue weighted by Crippen LogP contribution is 2.20. The first-order valence-electron chi connectivity index (χ1n) is 5.96. The van der Waals surface area contributed by atoms with E-state index in [1.54, 1.807) is 12.3 Å². The Morgan fingerprint density at radius 2 is 2.22 bits per heavy atom. The second kappa shape index (κ2) is 6.71. The lowest BCUT2D eigenvalue weighted by atomic mass is 9.96. The Hall–Kier alpha value is -1.13. The van der Waals surface area contributed by atoms with Crippen molar-refractivity contribution in [3.63, 3.8) is 0 Å². The van der Waals surface area contributed by atoms with Crippen molar-refractivity contribution < 1.29 is 9.53 Å². The minimum Gasteiger partial charge on any atom is -0.372 e. The molecule has 1 heterocycles. The molecule has 1 aromatic heterocycles. The van der Waals surface area contributed by atoms with Crippen LogP contribution in [-0.2, 0) is 15.1 Å². The number of carbonyl (C=O) groups excluding carboxylic acids is 1. The average molecular weight is 271 g/mol. The molecule has 0 saturated heterocycles. The summed E-state index contributed by atoms with van der Waals surface area (Å²) in [6, 6.07) is 3.56. The normalized spacial score (nSPS) is 11.3. The first-order chi connectivity index (χ1) is 8.45. The lowest BCUT2D eigenvalue weighted by molar-refractivity contribution is -0.127. The first-order valence-corrected chi connectivity index (χ1v) is 6.34. The number of hydrogen-bond acceptors (Lipinski definition) is 3. The Kier molecular flexibility index (Phi) is 5.56. The van der Waals surface area contributed by atoms with Gasteiger partial charge in [-0.25, -0.2) is 4.98 Å². The van der Waals surface area contributed by atoms with Crippen molar-refractivity contribution in [1.29, 1.82) is 0 Å². The highest BCUT2D eigenvalue weighted by molar-refractivity contribution is 6.29. The van der Waals surface area contributed by atoms with Gasteiger partial charge in [0.2, 0.25) is 5.91 Å². The van der Waals surface area contributed by atoms with Crippen molar-refractivity contribution in [1.82, 2.24) is 10.3 Å². The van der Waals surface area contributed by atoms with Crippen LogP contribution in [0.15, 0.2) is 18.3 Å². The van der Waals surface area contributed by atoms with Crippen LogP contribution in [0.5, 0.6) is 0 Å². The molecule has 0 aliphatic carbocycles. The minimum atomic E-state index is -0.496. The molecule has 1 aromatic rings. The summed E-state index contributed by atoms with van der Waals surface area (Å²) in [5.74, 6) is -0.136. The number of aromatic nitrogens is 1. The summed E-state index contributed by atoms with van der Waals surface area (Å²) in [4.78, 5) is 15.7. The van der Waals surface area contributed by atoms with Gasteiger partial charge in [-0.15, -0.1) is 0 Å². The third-order valence-corrected chi connectivity index (χ3v) is 2.71. The van der Waals surface area contributed by atoms with E-state index in [9.17, 15) is 4.79 Å². The first kappa shape index (κ1) is 14.9. The van der Waals surface area contributed by atoms with Gasteiger partial charge in [0.25, 0.3) is 0 Å². The third-order valence-electron chi connectivity index (χ3n) is 2.48. The van der Waals surface area contributed by atoms with Crippen LogP contribution in [0.4, 0.5) is 0 Å². The molecule has 1 N–H and O–H groups in total. The van der Waals surface area contributed by atoms with E-state index in [2.05, 4.69) is 10.3 Å². The third kappa shape index (κ3) is 4.63. The standard InChI is InChI=1S/C13H19ClN2O2/c1-4-7-18-9-12(17)16-13(2,3)10-5-6-11(14)15-8-10/h5-6,8H,4,7,9H2,1-3H3,(H,16,17). The Balaban J connectivity index is 2.58. The number of nitrogens with one attached hydrogen (secondary N) is 1. The zero-order valence-electron chi connectivity index (χ0n) is 11.0. The van der Waals surface area contributed by atoms with Gasteiger partial charge >= 0.3 is 0 Å². The van der Waals surface area contributed by atoms with Gasteiger partial charge in [0.1, 0.15) is 11.8 Å². The summed E-state index contributed by atoms with van der Waals surface area (Å²) in [6.45, 7) is 6.50. The fourth-order valence-corrected chi connectivity index (χ4v) is 1.62. The molecule has 4 nitrogen and oxygen atoms in total. The van der Waals surface area contributed by atoms with Gasteiger partial charge in [-0.05, 0) is 31.9 Å². The number of hydrogen-bond donors (Lipinski definition) is 1. The van der Waals surface area contributed by atoms with Crippen molar-refractivity contribution in [3.05, 3.63) is 29.0 Å². The zero-order chi connectivity index (χ0) is 13.6. The van der Waals surface area contributed by atoms with E-state index in [1.807, 2.05) is 26.8 Å². The molecule has 0 aliphatic heterocycles. The van der Waals surface area contributed by atoms with E-state index in [4.69, 9.17) is 16.3 Å². The van der Waals surface area contributed by atoms with Gasteiger partial charge in [0, 0.05) is 12.8 Å². The number of nitrogens with zero attached hydrogens (tertiary/aromatic N) is 1. The van der Waals surface area contributed by atoms with Crippen LogP contribution in [0.2, 0.25) is 5.15 Å².